The highest BCUT2D eigenvalue weighted by Gasteiger charge is 2.49. The van der Waals surface area contributed by atoms with Gasteiger partial charge in [-0.1, -0.05) is 38.0 Å². The zero-order chi connectivity index (χ0) is 24.7. The van der Waals surface area contributed by atoms with Crippen molar-refractivity contribution in [3.8, 4) is 5.75 Å². The van der Waals surface area contributed by atoms with E-state index in [4.69, 9.17) is 4.74 Å². The SMILES string of the molecule is CCc1ccccc1N1C[C@H](C(=O)Oc2ccc(N3C(=O)[C@@H]4CCCC[C@H]4C3=O)c(C)c2)CC1=O. The molecule has 1 aliphatic carbocycles. The summed E-state index contributed by atoms with van der Waals surface area (Å²) in [4.78, 5) is 54.5. The van der Waals surface area contributed by atoms with E-state index in [0.717, 1.165) is 43.4 Å². The molecule has 7 heteroatoms. The zero-order valence-corrected chi connectivity index (χ0v) is 20.2. The average Bonchev–Trinajstić information content (AvgIpc) is 3.37. The lowest BCUT2D eigenvalue weighted by atomic mass is 9.81. The zero-order valence-electron chi connectivity index (χ0n) is 20.2. The number of rotatable bonds is 5. The molecular weight excluding hydrogens is 444 g/mol. The molecule has 2 aromatic carbocycles. The molecule has 3 amide bonds. The van der Waals surface area contributed by atoms with Crippen LogP contribution < -0.4 is 14.5 Å². The van der Waals surface area contributed by atoms with Crippen molar-refractivity contribution in [2.75, 3.05) is 16.3 Å². The van der Waals surface area contributed by atoms with E-state index in [1.54, 1.807) is 30.0 Å². The van der Waals surface area contributed by atoms with E-state index in [-0.39, 0.29) is 42.5 Å². The predicted octanol–water partition coefficient (Wildman–Crippen LogP) is 4.20. The van der Waals surface area contributed by atoms with Gasteiger partial charge in [0.05, 0.1) is 23.4 Å². The molecule has 2 aliphatic heterocycles. The van der Waals surface area contributed by atoms with Crippen LogP contribution in [0, 0.1) is 24.7 Å². The third-order valence-corrected chi connectivity index (χ3v) is 7.59. The molecular formula is C28H30N2O5. The van der Waals surface area contributed by atoms with Gasteiger partial charge in [0.1, 0.15) is 5.75 Å². The number of aryl methyl sites for hydroxylation is 2. The van der Waals surface area contributed by atoms with Crippen LogP contribution in [0.5, 0.6) is 5.75 Å². The number of anilines is 2. The summed E-state index contributed by atoms with van der Waals surface area (Å²) in [6, 6.07) is 12.7. The van der Waals surface area contributed by atoms with Crippen molar-refractivity contribution >= 4 is 35.1 Å². The lowest BCUT2D eigenvalue weighted by Gasteiger charge is -2.20. The number of nitrogens with zero attached hydrogens (tertiary/aromatic N) is 2. The second-order valence-electron chi connectivity index (χ2n) is 9.77. The molecule has 3 fully saturated rings. The minimum atomic E-state index is -0.558. The predicted molar refractivity (Wildman–Crippen MR) is 131 cm³/mol. The molecule has 7 nitrogen and oxygen atoms in total. The fourth-order valence-electron chi connectivity index (χ4n) is 5.71. The third-order valence-electron chi connectivity index (χ3n) is 7.59. The maximum atomic E-state index is 12.9. The fraction of sp³-hybridized carbons (Fsp3) is 0.429. The summed E-state index contributed by atoms with van der Waals surface area (Å²) < 4.78 is 5.63. The first-order valence-corrected chi connectivity index (χ1v) is 12.5. The second-order valence-corrected chi connectivity index (χ2v) is 9.77. The summed E-state index contributed by atoms with van der Waals surface area (Å²) in [5, 5.41) is 0. The first kappa shape index (κ1) is 23.3. The molecule has 2 heterocycles. The van der Waals surface area contributed by atoms with Crippen molar-refractivity contribution in [3.63, 3.8) is 0 Å². The number of hydrogen-bond donors (Lipinski definition) is 0. The number of para-hydroxylation sites is 1. The van der Waals surface area contributed by atoms with Crippen LogP contribution in [-0.4, -0.2) is 30.2 Å². The van der Waals surface area contributed by atoms with Crippen molar-refractivity contribution in [1.82, 2.24) is 0 Å². The van der Waals surface area contributed by atoms with Gasteiger partial charge in [-0.15, -0.1) is 0 Å². The van der Waals surface area contributed by atoms with E-state index < -0.39 is 11.9 Å². The van der Waals surface area contributed by atoms with Crippen LogP contribution in [0.4, 0.5) is 11.4 Å². The Morgan fingerprint density at radius 3 is 2.31 bits per heavy atom. The Morgan fingerprint density at radius 1 is 0.971 bits per heavy atom. The van der Waals surface area contributed by atoms with Gasteiger partial charge in [0.15, 0.2) is 0 Å². The van der Waals surface area contributed by atoms with Crippen LogP contribution in [0.25, 0.3) is 0 Å². The Bertz CT molecular complexity index is 1180. The van der Waals surface area contributed by atoms with Gasteiger partial charge < -0.3 is 9.64 Å². The largest absolute Gasteiger partial charge is 0.426 e. The molecule has 0 spiro atoms. The van der Waals surface area contributed by atoms with Gasteiger partial charge in [0, 0.05) is 18.7 Å². The monoisotopic (exact) mass is 474 g/mol. The molecule has 2 aromatic rings. The lowest BCUT2D eigenvalue weighted by Crippen LogP contribution is -2.31. The topological polar surface area (TPSA) is 84.0 Å². The van der Waals surface area contributed by atoms with E-state index in [1.807, 2.05) is 31.2 Å². The number of hydrogen-bond acceptors (Lipinski definition) is 5. The summed E-state index contributed by atoms with van der Waals surface area (Å²) in [7, 11) is 0. The summed E-state index contributed by atoms with van der Waals surface area (Å²) in [6.45, 7) is 4.12. The highest BCUT2D eigenvalue weighted by atomic mass is 16.5. The molecule has 3 atom stereocenters. The maximum absolute atomic E-state index is 12.9. The summed E-state index contributed by atoms with van der Waals surface area (Å²) >= 11 is 0. The van der Waals surface area contributed by atoms with E-state index in [0.29, 0.717) is 17.0 Å². The smallest absolute Gasteiger partial charge is 0.316 e. The number of benzene rings is 2. The molecule has 0 N–H and O–H groups in total. The number of carbonyl (C=O) groups excluding carboxylic acids is 4. The van der Waals surface area contributed by atoms with Gasteiger partial charge in [-0.3, -0.25) is 19.2 Å². The molecule has 3 aliphatic rings. The first-order valence-electron chi connectivity index (χ1n) is 12.5. The minimum Gasteiger partial charge on any atom is -0.426 e. The fourth-order valence-corrected chi connectivity index (χ4v) is 5.71. The Morgan fingerprint density at radius 2 is 1.66 bits per heavy atom. The number of fused-ring (bicyclic) bond motifs is 1. The van der Waals surface area contributed by atoms with Gasteiger partial charge in [0.25, 0.3) is 0 Å². The van der Waals surface area contributed by atoms with Gasteiger partial charge >= 0.3 is 5.97 Å². The molecule has 5 rings (SSSR count). The molecule has 0 bridgehead atoms. The van der Waals surface area contributed by atoms with Gasteiger partial charge in [-0.2, -0.15) is 0 Å². The van der Waals surface area contributed by atoms with Crippen LogP contribution >= 0.6 is 0 Å². The van der Waals surface area contributed by atoms with Crippen molar-refractivity contribution in [3.05, 3.63) is 53.6 Å². The van der Waals surface area contributed by atoms with Gasteiger partial charge in [0.2, 0.25) is 17.7 Å². The Kier molecular flexibility index (Phi) is 6.17. The van der Waals surface area contributed by atoms with Gasteiger partial charge in [-0.05, 0) is 61.6 Å². The molecule has 0 radical (unpaired) electrons. The summed E-state index contributed by atoms with van der Waals surface area (Å²) in [6.07, 6.45) is 4.39. The van der Waals surface area contributed by atoms with Crippen LogP contribution in [0.3, 0.4) is 0 Å². The Hall–Kier alpha value is -3.48. The standard InChI is InChI=1S/C28H30N2O5/c1-3-18-8-4-7-11-24(18)29-16-19(15-25(29)31)28(34)35-20-12-13-23(17(2)14-20)30-26(32)21-9-5-6-10-22(21)27(30)33/h4,7-8,11-14,19,21-22H,3,5-6,9-10,15-16H2,1-2H3/t19-,21-,22-/m1/s1. The number of esters is 1. The number of amides is 3. The van der Waals surface area contributed by atoms with Crippen LogP contribution in [0.15, 0.2) is 42.5 Å². The van der Waals surface area contributed by atoms with Crippen molar-refractivity contribution < 1.29 is 23.9 Å². The first-order chi connectivity index (χ1) is 16.9. The number of carbonyl (C=O) groups is 4. The molecule has 182 valence electrons. The molecule has 1 saturated carbocycles. The quantitative estimate of drug-likeness (QED) is 0.369. The van der Waals surface area contributed by atoms with Crippen molar-refractivity contribution in [2.24, 2.45) is 17.8 Å². The third kappa shape index (κ3) is 4.13. The second kappa shape index (κ2) is 9.29. The maximum Gasteiger partial charge on any atom is 0.316 e. The summed E-state index contributed by atoms with van der Waals surface area (Å²) in [5.41, 5.74) is 3.15. The normalized spacial score (nSPS) is 24.2. The highest BCUT2D eigenvalue weighted by Crippen LogP contribution is 2.41. The minimum absolute atomic E-state index is 0.0908. The Labute approximate surface area is 205 Å². The molecule has 0 aromatic heterocycles. The molecule has 0 unspecified atom stereocenters. The van der Waals surface area contributed by atoms with E-state index in [1.165, 1.54) is 4.90 Å². The molecule has 2 saturated heterocycles. The van der Waals surface area contributed by atoms with Crippen molar-refractivity contribution in [1.29, 1.82) is 0 Å². The van der Waals surface area contributed by atoms with Crippen LogP contribution in [-0.2, 0) is 25.6 Å². The van der Waals surface area contributed by atoms with Gasteiger partial charge in [-0.25, -0.2) is 4.90 Å². The number of ether oxygens (including phenoxy) is 1. The van der Waals surface area contributed by atoms with Crippen molar-refractivity contribution in [2.45, 2.75) is 52.4 Å². The van der Waals surface area contributed by atoms with E-state index in [9.17, 15) is 19.2 Å². The van der Waals surface area contributed by atoms with Crippen LogP contribution in [0.1, 0.15) is 50.2 Å². The summed E-state index contributed by atoms with van der Waals surface area (Å²) in [5.74, 6) is -1.44. The lowest BCUT2D eigenvalue weighted by molar-refractivity contribution is -0.139. The Balaban J connectivity index is 1.29. The number of imide groups is 1. The van der Waals surface area contributed by atoms with E-state index >= 15 is 0 Å². The van der Waals surface area contributed by atoms with Crippen LogP contribution in [0.2, 0.25) is 0 Å². The average molecular weight is 475 g/mol. The highest BCUT2D eigenvalue weighted by molar-refractivity contribution is 6.22. The van der Waals surface area contributed by atoms with E-state index in [2.05, 4.69) is 0 Å². The molecule has 35 heavy (non-hydrogen) atoms.